The zero-order chi connectivity index (χ0) is 21.6. The lowest BCUT2D eigenvalue weighted by Gasteiger charge is -2.25. The van der Waals surface area contributed by atoms with Crippen molar-refractivity contribution in [3.8, 4) is 11.1 Å². The van der Waals surface area contributed by atoms with E-state index >= 15 is 0 Å². The molecule has 4 rings (SSSR count). The number of carbonyl (C=O) groups is 1. The average molecular weight is 475 g/mol. The number of benzene rings is 3. The highest BCUT2D eigenvalue weighted by atomic mass is 79.9. The molecule has 1 aliphatic rings. The van der Waals surface area contributed by atoms with Crippen molar-refractivity contribution in [2.75, 3.05) is 6.61 Å². The topological polar surface area (TPSA) is 35.5 Å². The first-order valence-corrected chi connectivity index (χ1v) is 11.1. The summed E-state index contributed by atoms with van der Waals surface area (Å²) in [5.74, 6) is 1.05. The number of halogens is 1. The van der Waals surface area contributed by atoms with Crippen molar-refractivity contribution in [2.45, 2.75) is 19.3 Å². The van der Waals surface area contributed by atoms with E-state index in [9.17, 15) is 4.79 Å². The monoisotopic (exact) mass is 474 g/mol. The molecular weight excluding hydrogens is 452 g/mol. The molecule has 31 heavy (non-hydrogen) atoms. The number of ether oxygens (including phenoxy) is 2. The number of allylic oxidation sites excluding steroid dienone is 2. The highest BCUT2D eigenvalue weighted by molar-refractivity contribution is 9.10. The van der Waals surface area contributed by atoms with Crippen LogP contribution in [0.5, 0.6) is 0 Å². The minimum absolute atomic E-state index is 0.0910. The largest absolute Gasteiger partial charge is 0.463 e. The zero-order valence-corrected chi connectivity index (χ0v) is 18.8. The molecule has 0 amide bonds. The molecule has 1 heterocycles. The Morgan fingerprint density at radius 3 is 2.42 bits per heavy atom. The number of hydrogen-bond donors (Lipinski definition) is 0. The van der Waals surface area contributed by atoms with Gasteiger partial charge < -0.3 is 9.47 Å². The minimum atomic E-state index is -0.383. The van der Waals surface area contributed by atoms with Crippen LogP contribution in [0.4, 0.5) is 0 Å². The molecule has 3 nitrogen and oxygen atoms in total. The standard InChI is InChI=1S/C27H23BrO3/c1-2-30-27(29)18-25-16-23(17-26(31-25)22-9-6-10-24(28)15-22)21-13-11-20(12-14-21)19-7-4-3-5-8-19/h3-15,17-18,23H,2,16H2,1H3/b25-18+/t23-/m0/s1. The summed E-state index contributed by atoms with van der Waals surface area (Å²) in [5, 5.41) is 0. The molecule has 1 atom stereocenters. The SMILES string of the molecule is CCOC(=O)/C=C1\C[C@H](c2ccc(-c3ccccc3)cc2)C=C(c2cccc(Br)c2)O1. The molecule has 0 aliphatic carbocycles. The molecule has 0 N–H and O–H groups in total. The van der Waals surface area contributed by atoms with Gasteiger partial charge in [0.05, 0.1) is 12.7 Å². The Morgan fingerprint density at radius 1 is 1.00 bits per heavy atom. The lowest BCUT2D eigenvalue weighted by Crippen LogP contribution is -2.11. The maximum Gasteiger partial charge on any atom is 0.334 e. The van der Waals surface area contributed by atoms with Crippen molar-refractivity contribution >= 4 is 27.7 Å². The first-order valence-electron chi connectivity index (χ1n) is 10.3. The van der Waals surface area contributed by atoms with E-state index in [1.165, 1.54) is 22.8 Å². The summed E-state index contributed by atoms with van der Waals surface area (Å²) in [6.07, 6.45) is 4.18. The van der Waals surface area contributed by atoms with Crippen molar-refractivity contribution in [3.63, 3.8) is 0 Å². The number of carbonyl (C=O) groups excluding carboxylic acids is 1. The van der Waals surface area contributed by atoms with E-state index in [0.717, 1.165) is 15.8 Å². The Morgan fingerprint density at radius 2 is 1.71 bits per heavy atom. The van der Waals surface area contributed by atoms with Crippen LogP contribution in [0.2, 0.25) is 0 Å². The van der Waals surface area contributed by atoms with Crippen molar-refractivity contribution in [1.29, 1.82) is 0 Å². The third kappa shape index (κ3) is 5.33. The first kappa shape index (κ1) is 21.1. The Labute approximate surface area is 191 Å². The average Bonchev–Trinajstić information content (AvgIpc) is 2.80. The van der Waals surface area contributed by atoms with E-state index in [0.29, 0.717) is 18.8 Å². The summed E-state index contributed by atoms with van der Waals surface area (Å²) in [5.41, 5.74) is 4.49. The van der Waals surface area contributed by atoms with Crippen LogP contribution in [0, 0.1) is 0 Å². The fourth-order valence-corrected chi connectivity index (χ4v) is 4.04. The molecule has 0 spiro atoms. The summed E-state index contributed by atoms with van der Waals surface area (Å²) in [6.45, 7) is 2.13. The lowest BCUT2D eigenvalue weighted by atomic mass is 9.90. The molecule has 1 aliphatic heterocycles. The van der Waals surface area contributed by atoms with E-state index in [1.807, 2.05) is 42.5 Å². The van der Waals surface area contributed by atoms with Crippen LogP contribution in [-0.2, 0) is 14.3 Å². The lowest BCUT2D eigenvalue weighted by molar-refractivity contribution is -0.137. The van der Waals surface area contributed by atoms with Gasteiger partial charge in [0.1, 0.15) is 11.5 Å². The van der Waals surface area contributed by atoms with Gasteiger partial charge in [-0.2, -0.15) is 0 Å². The van der Waals surface area contributed by atoms with Gasteiger partial charge in [0.25, 0.3) is 0 Å². The molecule has 3 aromatic rings. The van der Waals surface area contributed by atoms with Gasteiger partial charge in [-0.25, -0.2) is 4.79 Å². The molecule has 3 aromatic carbocycles. The summed E-state index contributed by atoms with van der Waals surface area (Å²) in [7, 11) is 0. The highest BCUT2D eigenvalue weighted by Crippen LogP contribution is 2.37. The first-order chi connectivity index (χ1) is 15.1. The third-order valence-corrected chi connectivity index (χ3v) is 5.63. The minimum Gasteiger partial charge on any atom is -0.463 e. The van der Waals surface area contributed by atoms with Gasteiger partial charge in [-0.05, 0) is 41.8 Å². The van der Waals surface area contributed by atoms with Crippen LogP contribution in [0.1, 0.15) is 30.4 Å². The smallest absolute Gasteiger partial charge is 0.334 e. The Bertz CT molecular complexity index is 1110. The van der Waals surface area contributed by atoms with Gasteiger partial charge in [-0.15, -0.1) is 0 Å². The van der Waals surface area contributed by atoms with Gasteiger partial charge in [0, 0.05) is 22.4 Å². The quantitative estimate of drug-likeness (QED) is 0.292. The second-order valence-corrected chi connectivity index (χ2v) is 8.22. The molecule has 0 saturated carbocycles. The van der Waals surface area contributed by atoms with Crippen molar-refractivity contribution in [3.05, 3.63) is 112 Å². The number of esters is 1. The van der Waals surface area contributed by atoms with Crippen molar-refractivity contribution < 1.29 is 14.3 Å². The number of rotatable bonds is 5. The molecule has 156 valence electrons. The summed E-state index contributed by atoms with van der Waals surface area (Å²) < 4.78 is 12.1. The number of hydrogen-bond acceptors (Lipinski definition) is 3. The summed E-state index contributed by atoms with van der Waals surface area (Å²) in [4.78, 5) is 12.0. The van der Waals surface area contributed by atoms with Gasteiger partial charge >= 0.3 is 5.97 Å². The van der Waals surface area contributed by atoms with E-state index in [2.05, 4.69) is 58.4 Å². The molecular formula is C27H23BrO3. The van der Waals surface area contributed by atoms with Gasteiger partial charge in [-0.1, -0.05) is 82.7 Å². The molecule has 0 bridgehead atoms. The second kappa shape index (κ2) is 9.80. The van der Waals surface area contributed by atoms with E-state index in [4.69, 9.17) is 9.47 Å². The van der Waals surface area contributed by atoms with Crippen molar-refractivity contribution in [2.24, 2.45) is 0 Å². The maximum absolute atomic E-state index is 12.0. The Balaban J connectivity index is 1.67. The van der Waals surface area contributed by atoms with Gasteiger partial charge in [0.2, 0.25) is 0 Å². The maximum atomic E-state index is 12.0. The Kier molecular flexibility index (Phi) is 6.68. The fourth-order valence-electron chi connectivity index (χ4n) is 3.64. The van der Waals surface area contributed by atoms with Crippen LogP contribution < -0.4 is 0 Å². The van der Waals surface area contributed by atoms with E-state index in [-0.39, 0.29) is 11.9 Å². The predicted molar refractivity (Wildman–Crippen MR) is 127 cm³/mol. The van der Waals surface area contributed by atoms with Crippen molar-refractivity contribution in [1.82, 2.24) is 0 Å². The second-order valence-electron chi connectivity index (χ2n) is 7.30. The Hall–Kier alpha value is -3.11. The van der Waals surface area contributed by atoms with Crippen LogP contribution in [0.15, 0.2) is 101 Å². The van der Waals surface area contributed by atoms with Crippen LogP contribution in [-0.4, -0.2) is 12.6 Å². The molecule has 0 unspecified atom stereocenters. The fraction of sp³-hybridized carbons (Fsp3) is 0.148. The van der Waals surface area contributed by atoms with Crippen LogP contribution in [0.25, 0.3) is 16.9 Å². The molecule has 0 aromatic heterocycles. The van der Waals surface area contributed by atoms with Gasteiger partial charge in [0.15, 0.2) is 0 Å². The van der Waals surface area contributed by atoms with E-state index < -0.39 is 0 Å². The summed E-state index contributed by atoms with van der Waals surface area (Å²) >= 11 is 3.52. The molecule has 0 saturated heterocycles. The summed E-state index contributed by atoms with van der Waals surface area (Å²) in [6, 6.07) is 26.8. The zero-order valence-electron chi connectivity index (χ0n) is 17.3. The molecule has 0 fully saturated rings. The van der Waals surface area contributed by atoms with Gasteiger partial charge in [-0.3, -0.25) is 0 Å². The molecule has 4 heteroatoms. The normalized spacial score (nSPS) is 17.0. The third-order valence-electron chi connectivity index (χ3n) is 5.14. The van der Waals surface area contributed by atoms with Crippen LogP contribution >= 0.6 is 15.9 Å². The van der Waals surface area contributed by atoms with E-state index in [1.54, 1.807) is 6.92 Å². The highest BCUT2D eigenvalue weighted by Gasteiger charge is 2.23. The molecule has 0 radical (unpaired) electrons. The van der Waals surface area contributed by atoms with Crippen LogP contribution in [0.3, 0.4) is 0 Å². The predicted octanol–water partition coefficient (Wildman–Crippen LogP) is 7.11.